The molecule has 0 amide bonds. The second-order valence-electron chi connectivity index (χ2n) is 10.4. The molecule has 6 atom stereocenters. The summed E-state index contributed by atoms with van der Waals surface area (Å²) in [5.41, 5.74) is -1.01. The number of carbonyl (C=O) groups excluding carboxylic acids is 1. The zero-order chi connectivity index (χ0) is 19.0. The normalized spacial score (nSPS) is 52.9. The summed E-state index contributed by atoms with van der Waals surface area (Å²) in [5.74, 6) is 0.559. The average Bonchev–Trinajstić information content (AvgIpc) is 2.86. The first-order valence-electron chi connectivity index (χ1n) is 10.5. The van der Waals surface area contributed by atoms with Gasteiger partial charge in [0.2, 0.25) is 0 Å². The van der Waals surface area contributed by atoms with Crippen LogP contribution < -0.4 is 0 Å². The van der Waals surface area contributed by atoms with E-state index >= 15 is 0 Å². The van der Waals surface area contributed by atoms with Gasteiger partial charge in [-0.15, -0.1) is 0 Å². The molecular formula is C22H36O4. The second kappa shape index (κ2) is 5.55. The van der Waals surface area contributed by atoms with E-state index in [1.165, 1.54) is 0 Å². The lowest BCUT2D eigenvalue weighted by Crippen LogP contribution is -2.65. The fraction of sp³-hybridized carbons (Fsp3) is 0.955. The number of methoxy groups -OCH3 is 2. The zero-order valence-corrected chi connectivity index (χ0v) is 17.2. The molecule has 4 aliphatic carbocycles. The highest BCUT2D eigenvalue weighted by molar-refractivity contribution is 5.88. The van der Waals surface area contributed by atoms with Crippen molar-refractivity contribution in [1.82, 2.24) is 0 Å². The van der Waals surface area contributed by atoms with Gasteiger partial charge in [0, 0.05) is 33.5 Å². The molecule has 0 spiro atoms. The highest BCUT2D eigenvalue weighted by Crippen LogP contribution is 2.71. The van der Waals surface area contributed by atoms with Crippen molar-refractivity contribution in [2.24, 2.45) is 28.1 Å². The van der Waals surface area contributed by atoms with E-state index < -0.39 is 16.8 Å². The Morgan fingerprint density at radius 2 is 1.58 bits per heavy atom. The molecule has 0 bridgehead atoms. The molecule has 0 aromatic heterocycles. The minimum Gasteiger partial charge on any atom is -0.389 e. The Morgan fingerprint density at radius 3 is 2.23 bits per heavy atom. The first kappa shape index (κ1) is 18.9. The van der Waals surface area contributed by atoms with Crippen LogP contribution in [-0.4, -0.2) is 36.5 Å². The van der Waals surface area contributed by atoms with E-state index in [9.17, 15) is 9.90 Å². The van der Waals surface area contributed by atoms with Crippen LogP contribution in [0.3, 0.4) is 0 Å². The Balaban J connectivity index is 1.70. The number of ether oxygens (including phenoxy) is 2. The number of fused-ring (bicyclic) bond motifs is 5. The zero-order valence-electron chi connectivity index (χ0n) is 17.2. The number of ketones is 1. The lowest BCUT2D eigenvalue weighted by Gasteiger charge is -2.67. The van der Waals surface area contributed by atoms with Crippen molar-refractivity contribution in [3.05, 3.63) is 0 Å². The Labute approximate surface area is 158 Å². The van der Waals surface area contributed by atoms with E-state index in [1.54, 1.807) is 14.2 Å². The summed E-state index contributed by atoms with van der Waals surface area (Å²) >= 11 is 0. The molecule has 4 heteroatoms. The molecule has 4 fully saturated rings. The molecule has 148 valence electrons. The van der Waals surface area contributed by atoms with E-state index in [2.05, 4.69) is 13.8 Å². The maximum absolute atomic E-state index is 12.6. The molecule has 4 nitrogen and oxygen atoms in total. The van der Waals surface area contributed by atoms with Gasteiger partial charge in [-0.2, -0.15) is 0 Å². The van der Waals surface area contributed by atoms with Gasteiger partial charge in [-0.3, -0.25) is 4.79 Å². The summed E-state index contributed by atoms with van der Waals surface area (Å²) in [4.78, 5) is 12.6. The summed E-state index contributed by atoms with van der Waals surface area (Å²) in [6, 6.07) is 0. The summed E-state index contributed by atoms with van der Waals surface area (Å²) in [7, 11) is 3.53. The van der Waals surface area contributed by atoms with Crippen LogP contribution in [0, 0.1) is 28.1 Å². The predicted octanol–water partition coefficient (Wildman–Crippen LogP) is 4.09. The largest absolute Gasteiger partial charge is 0.389 e. The Hall–Kier alpha value is -0.450. The van der Waals surface area contributed by atoms with Gasteiger partial charge in [-0.1, -0.05) is 13.8 Å². The summed E-state index contributed by atoms with van der Waals surface area (Å²) in [6.45, 7) is 6.89. The van der Waals surface area contributed by atoms with Crippen molar-refractivity contribution in [2.75, 3.05) is 14.2 Å². The molecular weight excluding hydrogens is 328 g/mol. The van der Waals surface area contributed by atoms with Gasteiger partial charge in [-0.25, -0.2) is 0 Å². The molecule has 0 radical (unpaired) electrons. The smallest absolute Gasteiger partial charge is 0.168 e. The first-order chi connectivity index (χ1) is 12.1. The minimum atomic E-state index is -0.797. The summed E-state index contributed by atoms with van der Waals surface area (Å²) in [5, 5.41) is 11.7. The van der Waals surface area contributed by atoms with Crippen molar-refractivity contribution >= 4 is 5.78 Å². The van der Waals surface area contributed by atoms with Crippen molar-refractivity contribution in [3.8, 4) is 0 Å². The Kier molecular flexibility index (Phi) is 4.03. The van der Waals surface area contributed by atoms with Crippen molar-refractivity contribution in [3.63, 3.8) is 0 Å². The van der Waals surface area contributed by atoms with Gasteiger partial charge in [0.05, 0.1) is 11.0 Å². The van der Waals surface area contributed by atoms with Gasteiger partial charge in [0.1, 0.15) is 5.78 Å². The maximum atomic E-state index is 12.6. The maximum Gasteiger partial charge on any atom is 0.168 e. The monoisotopic (exact) mass is 364 g/mol. The minimum absolute atomic E-state index is 0.144. The van der Waals surface area contributed by atoms with E-state index in [0.29, 0.717) is 24.5 Å². The lowest BCUT2D eigenvalue weighted by molar-refractivity contribution is -0.291. The summed E-state index contributed by atoms with van der Waals surface area (Å²) in [6.07, 6.45) is 8.10. The van der Waals surface area contributed by atoms with Crippen LogP contribution in [-0.2, 0) is 14.3 Å². The number of hydrogen-bond acceptors (Lipinski definition) is 4. The molecule has 4 aliphatic rings. The van der Waals surface area contributed by atoms with Gasteiger partial charge < -0.3 is 14.6 Å². The van der Waals surface area contributed by atoms with Gasteiger partial charge >= 0.3 is 0 Å². The van der Waals surface area contributed by atoms with Crippen LogP contribution in [0.4, 0.5) is 0 Å². The lowest BCUT2D eigenvalue weighted by atomic mass is 9.39. The molecule has 0 saturated heterocycles. The average molecular weight is 365 g/mol. The van der Waals surface area contributed by atoms with Gasteiger partial charge in [-0.05, 0) is 68.1 Å². The molecule has 1 N–H and O–H groups in total. The van der Waals surface area contributed by atoms with Crippen LogP contribution in [0.15, 0.2) is 0 Å². The standard InChI is InChI=1S/C22H36O4/c1-18-9-6-16-15(7-10-20(3)17(23)8-11-22(16,20)24)19(18,2)12-13-21(14-18,25-4)26-5/h15-16,24H,6-14H2,1-5H3/t15-,16+,18+,19-,20-,22-/m1/s1. The van der Waals surface area contributed by atoms with E-state index in [4.69, 9.17) is 9.47 Å². The number of aliphatic hydroxyl groups is 1. The molecule has 26 heavy (non-hydrogen) atoms. The fourth-order valence-electron chi connectivity index (χ4n) is 7.78. The number of carbonyl (C=O) groups is 1. The van der Waals surface area contributed by atoms with Crippen LogP contribution in [0.1, 0.15) is 78.6 Å². The van der Waals surface area contributed by atoms with Crippen molar-refractivity contribution in [2.45, 2.75) is 89.9 Å². The number of Topliss-reactive ketones (excluding diaryl/α,β-unsaturated/α-hetero) is 1. The van der Waals surface area contributed by atoms with Crippen LogP contribution in [0.2, 0.25) is 0 Å². The number of rotatable bonds is 2. The second-order valence-corrected chi connectivity index (χ2v) is 10.4. The quantitative estimate of drug-likeness (QED) is 0.750. The van der Waals surface area contributed by atoms with Gasteiger partial charge in [0.15, 0.2) is 5.79 Å². The molecule has 4 rings (SSSR count). The third-order valence-corrected chi connectivity index (χ3v) is 9.99. The highest BCUT2D eigenvalue weighted by Gasteiger charge is 2.70. The van der Waals surface area contributed by atoms with Gasteiger partial charge in [0.25, 0.3) is 0 Å². The Morgan fingerprint density at radius 1 is 0.923 bits per heavy atom. The topological polar surface area (TPSA) is 55.8 Å². The van der Waals surface area contributed by atoms with Crippen molar-refractivity contribution < 1.29 is 19.4 Å². The van der Waals surface area contributed by atoms with E-state index in [0.717, 1.165) is 44.9 Å². The van der Waals surface area contributed by atoms with Crippen molar-refractivity contribution in [1.29, 1.82) is 0 Å². The SMILES string of the molecule is COC1(OC)CC[C@]2(C)[C@@H]3CC[C@]4(C)C(=O)CC[C@@]4(O)[C@H]3CC[C@@]2(C)C1. The molecule has 0 aromatic carbocycles. The van der Waals surface area contributed by atoms with E-state index in [1.807, 2.05) is 6.92 Å². The first-order valence-corrected chi connectivity index (χ1v) is 10.5. The fourth-order valence-corrected chi connectivity index (χ4v) is 7.78. The molecule has 0 unspecified atom stereocenters. The molecule has 0 heterocycles. The molecule has 0 aliphatic heterocycles. The van der Waals surface area contributed by atoms with Crippen LogP contribution >= 0.6 is 0 Å². The summed E-state index contributed by atoms with van der Waals surface area (Å²) < 4.78 is 11.7. The third kappa shape index (κ3) is 2.04. The third-order valence-electron chi connectivity index (χ3n) is 9.99. The molecule has 4 saturated carbocycles. The van der Waals surface area contributed by atoms with Crippen LogP contribution in [0.5, 0.6) is 0 Å². The van der Waals surface area contributed by atoms with E-state index in [-0.39, 0.29) is 16.7 Å². The van der Waals surface area contributed by atoms with Crippen LogP contribution in [0.25, 0.3) is 0 Å². The number of hydrogen-bond donors (Lipinski definition) is 1. The molecule has 0 aromatic rings. The Bertz CT molecular complexity index is 613. The highest BCUT2D eigenvalue weighted by atomic mass is 16.7. The predicted molar refractivity (Wildman–Crippen MR) is 99.6 cm³/mol.